The van der Waals surface area contributed by atoms with Crippen molar-refractivity contribution < 1.29 is 18.0 Å². The van der Waals surface area contributed by atoms with Gasteiger partial charge in [-0.05, 0) is 94.4 Å². The lowest BCUT2D eigenvalue weighted by molar-refractivity contribution is -0.138. The molecule has 1 aromatic heterocycles. The molecule has 0 saturated heterocycles. The van der Waals surface area contributed by atoms with Crippen LogP contribution in [0.2, 0.25) is 5.02 Å². The molecule has 0 atom stereocenters. The van der Waals surface area contributed by atoms with E-state index in [-0.39, 0.29) is 29.1 Å². The van der Waals surface area contributed by atoms with Gasteiger partial charge in [0.15, 0.2) is 0 Å². The van der Waals surface area contributed by atoms with E-state index in [0.29, 0.717) is 29.1 Å². The highest BCUT2D eigenvalue weighted by Gasteiger charge is 2.33. The normalized spacial score (nSPS) is 14.1. The number of rotatable bonds is 7. The van der Waals surface area contributed by atoms with E-state index in [2.05, 4.69) is 33.1 Å². The van der Waals surface area contributed by atoms with Gasteiger partial charge in [0.05, 0.1) is 16.1 Å². The molecule has 0 radical (unpaired) electrons. The summed E-state index contributed by atoms with van der Waals surface area (Å²) < 4.78 is 42.1. The van der Waals surface area contributed by atoms with Crippen LogP contribution < -0.4 is 11.1 Å². The van der Waals surface area contributed by atoms with E-state index in [1.54, 1.807) is 6.20 Å². The number of halogens is 4. The number of benzene rings is 2. The molecule has 2 aromatic carbocycles. The molecule has 10 heteroatoms. The zero-order valence-corrected chi connectivity index (χ0v) is 25.2. The summed E-state index contributed by atoms with van der Waals surface area (Å²) in [5, 5.41) is 2.91. The third-order valence-electron chi connectivity index (χ3n) is 7.18. The standard InChI is InChI=1S/C33H35ClF3N5O/c1-41(2)21-23-17-26(31(38)39-20-23)9-8-25-18-27(11-13-30(25)34)32(43)40-28-12-10-24(29(19-28)33(35,36)37)7-6-22-5-4-15-42(3)16-14-22/h5,10-13,17-20H,4,6-7,14-16,21H2,1-3H3,(H2,38,39)(H,40,43). The minimum absolute atomic E-state index is 0.0514. The number of anilines is 2. The Morgan fingerprint density at radius 3 is 2.60 bits per heavy atom. The van der Waals surface area contributed by atoms with Gasteiger partial charge in [-0.1, -0.05) is 41.2 Å². The van der Waals surface area contributed by atoms with E-state index in [1.807, 2.05) is 32.1 Å². The smallest absolute Gasteiger partial charge is 0.383 e. The summed E-state index contributed by atoms with van der Waals surface area (Å²) in [5.74, 6) is 5.59. The maximum atomic E-state index is 14.0. The first-order chi connectivity index (χ1) is 20.4. The first-order valence-corrected chi connectivity index (χ1v) is 14.4. The van der Waals surface area contributed by atoms with Crippen molar-refractivity contribution in [1.82, 2.24) is 14.8 Å². The number of alkyl halides is 3. The third kappa shape index (κ3) is 9.07. The van der Waals surface area contributed by atoms with Crippen molar-refractivity contribution in [3.8, 4) is 11.8 Å². The maximum absolute atomic E-state index is 14.0. The minimum Gasteiger partial charge on any atom is -0.383 e. The molecule has 6 nitrogen and oxygen atoms in total. The Hall–Kier alpha value is -3.84. The lowest BCUT2D eigenvalue weighted by atomic mass is 9.97. The van der Waals surface area contributed by atoms with Gasteiger partial charge in [0.2, 0.25) is 0 Å². The molecule has 3 aromatic rings. The Morgan fingerprint density at radius 1 is 1.09 bits per heavy atom. The molecule has 3 N–H and O–H groups in total. The van der Waals surface area contributed by atoms with Gasteiger partial charge < -0.3 is 20.9 Å². The molecule has 1 amide bonds. The van der Waals surface area contributed by atoms with Gasteiger partial charge in [0.1, 0.15) is 5.82 Å². The average molecular weight is 610 g/mol. The van der Waals surface area contributed by atoms with Crippen LogP contribution in [0.15, 0.2) is 60.3 Å². The minimum atomic E-state index is -4.56. The highest BCUT2D eigenvalue weighted by atomic mass is 35.5. The molecule has 0 spiro atoms. The Balaban J connectivity index is 1.51. The number of pyridine rings is 1. The first-order valence-electron chi connectivity index (χ1n) is 14.0. The second-order valence-electron chi connectivity index (χ2n) is 11.0. The third-order valence-corrected chi connectivity index (χ3v) is 7.51. The van der Waals surface area contributed by atoms with Crippen LogP contribution in [0, 0.1) is 11.8 Å². The quantitative estimate of drug-likeness (QED) is 0.232. The zero-order chi connectivity index (χ0) is 31.1. The summed E-state index contributed by atoms with van der Waals surface area (Å²) in [6.07, 6.45) is 1.86. The number of hydrogen-bond acceptors (Lipinski definition) is 5. The van der Waals surface area contributed by atoms with Crippen molar-refractivity contribution >= 4 is 29.0 Å². The molecule has 43 heavy (non-hydrogen) atoms. The highest BCUT2D eigenvalue weighted by molar-refractivity contribution is 6.32. The number of carbonyl (C=O) groups excluding carboxylic acids is 1. The Morgan fingerprint density at radius 2 is 1.86 bits per heavy atom. The maximum Gasteiger partial charge on any atom is 0.416 e. The average Bonchev–Trinajstić information content (AvgIpc) is 3.16. The fraction of sp³-hybridized carbons (Fsp3) is 0.333. The largest absolute Gasteiger partial charge is 0.416 e. The number of nitrogens with two attached hydrogens (primary N) is 1. The van der Waals surface area contributed by atoms with Crippen molar-refractivity contribution in [1.29, 1.82) is 0 Å². The van der Waals surface area contributed by atoms with E-state index >= 15 is 0 Å². The number of hydrogen-bond donors (Lipinski definition) is 2. The lowest BCUT2D eigenvalue weighted by Crippen LogP contribution is -2.18. The number of nitrogens with one attached hydrogen (secondary N) is 1. The van der Waals surface area contributed by atoms with Crippen LogP contribution in [0.4, 0.5) is 24.7 Å². The van der Waals surface area contributed by atoms with Crippen molar-refractivity contribution in [2.45, 2.75) is 38.4 Å². The van der Waals surface area contributed by atoms with Crippen LogP contribution in [-0.4, -0.2) is 54.9 Å². The predicted octanol–water partition coefficient (Wildman–Crippen LogP) is 6.63. The number of nitrogen functional groups attached to an aromatic ring is 1. The molecule has 4 rings (SSSR count). The summed E-state index contributed by atoms with van der Waals surface area (Å²) >= 11 is 6.34. The summed E-state index contributed by atoms with van der Waals surface area (Å²) in [6.45, 7) is 2.51. The van der Waals surface area contributed by atoms with Gasteiger partial charge in [-0.25, -0.2) is 4.98 Å². The van der Waals surface area contributed by atoms with Gasteiger partial charge in [-0.3, -0.25) is 4.79 Å². The van der Waals surface area contributed by atoms with Gasteiger partial charge in [0, 0.05) is 42.6 Å². The molecular formula is C33H35ClF3N5O. The second-order valence-corrected chi connectivity index (χ2v) is 11.4. The molecule has 0 unspecified atom stereocenters. The Kier molecular flexibility index (Phi) is 10.5. The second kappa shape index (κ2) is 14.1. The van der Waals surface area contributed by atoms with Crippen molar-refractivity contribution in [2.24, 2.45) is 0 Å². The lowest BCUT2D eigenvalue weighted by Gasteiger charge is -2.16. The topological polar surface area (TPSA) is 74.5 Å². The Bertz CT molecular complexity index is 1570. The summed E-state index contributed by atoms with van der Waals surface area (Å²) in [6, 6.07) is 10.3. The number of nitrogens with zero attached hydrogens (tertiary/aromatic N) is 3. The Labute approximate surface area is 255 Å². The number of amides is 1. The van der Waals surface area contributed by atoms with E-state index in [1.165, 1.54) is 35.9 Å². The fourth-order valence-corrected chi connectivity index (χ4v) is 5.03. The van der Waals surface area contributed by atoms with Crippen LogP contribution in [-0.2, 0) is 19.1 Å². The van der Waals surface area contributed by atoms with Gasteiger partial charge in [-0.2, -0.15) is 13.2 Å². The molecule has 226 valence electrons. The van der Waals surface area contributed by atoms with E-state index in [9.17, 15) is 18.0 Å². The van der Waals surface area contributed by atoms with E-state index < -0.39 is 17.6 Å². The number of aromatic nitrogens is 1. The van der Waals surface area contributed by atoms with Crippen molar-refractivity contribution in [3.05, 3.63) is 98.7 Å². The molecule has 1 aliphatic heterocycles. The van der Waals surface area contributed by atoms with E-state index in [0.717, 1.165) is 37.6 Å². The number of aryl methyl sites for hydroxylation is 1. The fourth-order valence-electron chi connectivity index (χ4n) is 4.87. The molecule has 2 heterocycles. The molecule has 0 fully saturated rings. The van der Waals surface area contributed by atoms with Crippen LogP contribution >= 0.6 is 11.6 Å². The zero-order valence-electron chi connectivity index (χ0n) is 24.5. The summed E-state index contributed by atoms with van der Waals surface area (Å²) in [7, 11) is 5.92. The van der Waals surface area contributed by atoms with Crippen molar-refractivity contribution in [2.75, 3.05) is 45.3 Å². The monoisotopic (exact) mass is 609 g/mol. The van der Waals surface area contributed by atoms with Crippen LogP contribution in [0.5, 0.6) is 0 Å². The van der Waals surface area contributed by atoms with Gasteiger partial charge >= 0.3 is 6.18 Å². The van der Waals surface area contributed by atoms with Gasteiger partial charge in [-0.15, -0.1) is 0 Å². The highest BCUT2D eigenvalue weighted by Crippen LogP contribution is 2.35. The van der Waals surface area contributed by atoms with Crippen LogP contribution in [0.1, 0.15) is 57.4 Å². The first kappa shape index (κ1) is 32.1. The molecule has 1 aliphatic rings. The number of carbonyl (C=O) groups is 1. The van der Waals surface area contributed by atoms with Crippen molar-refractivity contribution in [3.63, 3.8) is 0 Å². The molecule has 0 saturated carbocycles. The van der Waals surface area contributed by atoms with E-state index in [4.69, 9.17) is 17.3 Å². The van der Waals surface area contributed by atoms with Crippen LogP contribution in [0.25, 0.3) is 0 Å². The summed E-state index contributed by atoms with van der Waals surface area (Å²) in [4.78, 5) is 21.5. The molecular weight excluding hydrogens is 575 g/mol. The van der Waals surface area contributed by atoms with Gasteiger partial charge in [0.25, 0.3) is 5.91 Å². The molecule has 0 bridgehead atoms. The molecule has 0 aliphatic carbocycles. The predicted molar refractivity (Wildman–Crippen MR) is 166 cm³/mol. The SMILES string of the molecule is CN(C)Cc1cnc(N)c(C#Cc2cc(C(=O)Nc3ccc(CCC4=CCCN(C)CC4)c(C(F)(F)F)c3)ccc2Cl)c1. The summed E-state index contributed by atoms with van der Waals surface area (Å²) in [5.41, 5.74) is 8.71. The van der Waals surface area contributed by atoms with Crippen LogP contribution in [0.3, 0.4) is 0 Å².